The van der Waals surface area contributed by atoms with E-state index in [1.807, 2.05) is 0 Å². The zero-order valence-electron chi connectivity index (χ0n) is 5.70. The maximum Gasteiger partial charge on any atom is 0.0894 e. The summed E-state index contributed by atoms with van der Waals surface area (Å²) in [6, 6.07) is 0. The van der Waals surface area contributed by atoms with Crippen molar-refractivity contribution < 1.29 is 4.39 Å². The van der Waals surface area contributed by atoms with Crippen molar-refractivity contribution in [3.8, 4) is 0 Å². The van der Waals surface area contributed by atoms with Gasteiger partial charge in [0, 0.05) is 0 Å². The molecule has 2 N–H and O–H groups in total. The van der Waals surface area contributed by atoms with Crippen LogP contribution in [0.25, 0.3) is 0 Å². The van der Waals surface area contributed by atoms with Crippen LogP contribution < -0.4 is 5.73 Å². The Morgan fingerprint density at radius 2 is 2.11 bits per heavy atom. The largest absolute Gasteiger partial charge is 0.330 e. The molecule has 0 aliphatic heterocycles. The molecule has 1 aliphatic rings. The molecule has 1 rings (SSSR count). The third-order valence-electron chi connectivity index (χ3n) is 2.23. The number of nitrogens with two attached hydrogens (primary N) is 1. The first-order valence-electron chi connectivity index (χ1n) is 3.59. The van der Waals surface area contributed by atoms with E-state index in [1.165, 1.54) is 12.8 Å². The Hall–Kier alpha value is -0.110. The number of alkyl halides is 1. The lowest BCUT2D eigenvalue weighted by Gasteiger charge is -2.08. The second-order valence-electron chi connectivity index (χ2n) is 3.00. The van der Waals surface area contributed by atoms with Gasteiger partial charge in [0.15, 0.2) is 0 Å². The van der Waals surface area contributed by atoms with E-state index in [4.69, 9.17) is 5.73 Å². The van der Waals surface area contributed by atoms with Crippen molar-refractivity contribution in [3.05, 3.63) is 0 Å². The molecule has 2 heteroatoms. The van der Waals surface area contributed by atoms with E-state index in [2.05, 4.69) is 0 Å². The molecule has 1 saturated carbocycles. The molecule has 9 heavy (non-hydrogen) atoms. The third kappa shape index (κ3) is 1.65. The van der Waals surface area contributed by atoms with Gasteiger partial charge in [-0.25, -0.2) is 0 Å². The summed E-state index contributed by atoms with van der Waals surface area (Å²) in [6.07, 6.45) is 4.16. The fourth-order valence-corrected chi connectivity index (χ4v) is 1.17. The van der Waals surface area contributed by atoms with Crippen molar-refractivity contribution in [1.82, 2.24) is 0 Å². The highest BCUT2D eigenvalue weighted by atomic mass is 19.1. The van der Waals surface area contributed by atoms with Gasteiger partial charge in [-0.3, -0.25) is 4.39 Å². The number of hydrogen-bond donors (Lipinski definition) is 1. The molecule has 1 nitrogen and oxygen atoms in total. The summed E-state index contributed by atoms with van der Waals surface area (Å²) >= 11 is 0. The molecule has 54 valence electrons. The van der Waals surface area contributed by atoms with Gasteiger partial charge >= 0.3 is 0 Å². The highest BCUT2D eigenvalue weighted by Gasteiger charge is 2.39. The lowest BCUT2D eigenvalue weighted by Crippen LogP contribution is -2.15. The van der Waals surface area contributed by atoms with Crippen LogP contribution >= 0.6 is 0 Å². The molecule has 0 heterocycles. The Bertz CT molecular complexity index is 88.9. The molecule has 0 spiro atoms. The Morgan fingerprint density at radius 1 is 1.44 bits per heavy atom. The van der Waals surface area contributed by atoms with Crippen LogP contribution in [0.4, 0.5) is 4.39 Å². The Kier molecular flexibility index (Phi) is 2.06. The molecule has 0 amide bonds. The highest BCUT2D eigenvalue weighted by Crippen LogP contribution is 2.48. The molecule has 0 unspecified atom stereocenters. The fraction of sp³-hybridized carbons (Fsp3) is 1.00. The van der Waals surface area contributed by atoms with E-state index in [0.29, 0.717) is 11.8 Å². The highest BCUT2D eigenvalue weighted by molar-refractivity contribution is 4.93. The van der Waals surface area contributed by atoms with E-state index in [9.17, 15) is 4.39 Å². The number of hydrogen-bond acceptors (Lipinski definition) is 1. The number of rotatable bonds is 4. The molecule has 0 aromatic heterocycles. The van der Waals surface area contributed by atoms with Gasteiger partial charge in [0.2, 0.25) is 0 Å². The first-order valence-corrected chi connectivity index (χ1v) is 3.59. The van der Waals surface area contributed by atoms with E-state index in [1.54, 1.807) is 0 Å². The monoisotopic (exact) mass is 131 g/mol. The molecule has 1 fully saturated rings. The van der Waals surface area contributed by atoms with Crippen LogP contribution in [0.15, 0.2) is 0 Å². The van der Waals surface area contributed by atoms with Crippen LogP contribution in [0.2, 0.25) is 0 Å². The third-order valence-corrected chi connectivity index (χ3v) is 2.23. The molecule has 0 aromatic rings. The second-order valence-corrected chi connectivity index (χ2v) is 3.00. The van der Waals surface area contributed by atoms with Gasteiger partial charge in [-0.05, 0) is 37.6 Å². The molecule has 1 aliphatic carbocycles. The number of halogens is 1. The van der Waals surface area contributed by atoms with Crippen LogP contribution in [-0.4, -0.2) is 13.2 Å². The zero-order chi connectivity index (χ0) is 6.74. The van der Waals surface area contributed by atoms with Crippen molar-refractivity contribution in [3.63, 3.8) is 0 Å². The summed E-state index contributed by atoms with van der Waals surface area (Å²) in [6.45, 7) is 0.578. The smallest absolute Gasteiger partial charge is 0.0894 e. The maximum absolute atomic E-state index is 11.6. The quantitative estimate of drug-likeness (QED) is 0.614. The van der Waals surface area contributed by atoms with Crippen molar-refractivity contribution in [2.24, 2.45) is 11.1 Å². The molecule has 0 radical (unpaired) electrons. The Balaban J connectivity index is 2.10. The van der Waals surface area contributed by atoms with Crippen molar-refractivity contribution in [2.75, 3.05) is 13.2 Å². The fourth-order valence-electron chi connectivity index (χ4n) is 1.17. The summed E-state index contributed by atoms with van der Waals surface area (Å²) in [4.78, 5) is 0. The van der Waals surface area contributed by atoms with Gasteiger partial charge in [0.1, 0.15) is 0 Å². The standard InChI is InChI=1S/C7H14FN/c8-5-1-2-7(6-9)3-4-7/h1-6,9H2. The summed E-state index contributed by atoms with van der Waals surface area (Å²) in [5.74, 6) is 0. The van der Waals surface area contributed by atoms with E-state index in [-0.39, 0.29) is 6.67 Å². The first-order chi connectivity index (χ1) is 4.33. The molecule has 0 aromatic carbocycles. The summed E-state index contributed by atoms with van der Waals surface area (Å²) in [5, 5.41) is 0. The lowest BCUT2D eigenvalue weighted by molar-refractivity contribution is 0.393. The Morgan fingerprint density at radius 3 is 2.44 bits per heavy atom. The van der Waals surface area contributed by atoms with Crippen LogP contribution in [0.1, 0.15) is 25.7 Å². The van der Waals surface area contributed by atoms with E-state index >= 15 is 0 Å². The molecule has 0 saturated heterocycles. The van der Waals surface area contributed by atoms with Gasteiger partial charge in [-0.15, -0.1) is 0 Å². The second kappa shape index (κ2) is 2.65. The van der Waals surface area contributed by atoms with Gasteiger partial charge in [-0.1, -0.05) is 0 Å². The molecule has 0 bridgehead atoms. The normalized spacial score (nSPS) is 22.0. The predicted octanol–water partition coefficient (Wildman–Crippen LogP) is 1.48. The van der Waals surface area contributed by atoms with Crippen LogP contribution in [-0.2, 0) is 0 Å². The lowest BCUT2D eigenvalue weighted by atomic mass is 10.0. The summed E-state index contributed by atoms with van der Waals surface area (Å²) in [5.41, 5.74) is 5.87. The van der Waals surface area contributed by atoms with Gasteiger partial charge in [0.25, 0.3) is 0 Å². The van der Waals surface area contributed by atoms with Crippen molar-refractivity contribution >= 4 is 0 Å². The van der Waals surface area contributed by atoms with Crippen LogP contribution in [0.3, 0.4) is 0 Å². The minimum Gasteiger partial charge on any atom is -0.330 e. The first kappa shape index (κ1) is 7.00. The van der Waals surface area contributed by atoms with Crippen LogP contribution in [0.5, 0.6) is 0 Å². The predicted molar refractivity (Wildman–Crippen MR) is 35.9 cm³/mol. The average Bonchev–Trinajstić information content (AvgIpc) is 2.65. The molecule has 0 atom stereocenters. The maximum atomic E-state index is 11.6. The minimum absolute atomic E-state index is 0.179. The SMILES string of the molecule is NCC1(CCCF)CC1. The summed E-state index contributed by atoms with van der Waals surface area (Å²) < 4.78 is 11.6. The van der Waals surface area contributed by atoms with Gasteiger partial charge in [0.05, 0.1) is 6.67 Å². The minimum atomic E-state index is -0.179. The zero-order valence-corrected chi connectivity index (χ0v) is 5.70. The van der Waals surface area contributed by atoms with E-state index in [0.717, 1.165) is 13.0 Å². The Labute approximate surface area is 55.4 Å². The topological polar surface area (TPSA) is 26.0 Å². The van der Waals surface area contributed by atoms with Crippen molar-refractivity contribution in [1.29, 1.82) is 0 Å². The van der Waals surface area contributed by atoms with Crippen LogP contribution in [0, 0.1) is 5.41 Å². The molecular formula is C7H14FN. The molecular weight excluding hydrogens is 117 g/mol. The van der Waals surface area contributed by atoms with Gasteiger partial charge < -0.3 is 5.73 Å². The van der Waals surface area contributed by atoms with Crippen molar-refractivity contribution in [2.45, 2.75) is 25.7 Å². The summed E-state index contributed by atoms with van der Waals surface area (Å²) in [7, 11) is 0. The van der Waals surface area contributed by atoms with Gasteiger partial charge in [-0.2, -0.15) is 0 Å². The average molecular weight is 131 g/mol. The van der Waals surface area contributed by atoms with E-state index < -0.39 is 0 Å².